The first-order valence-corrected chi connectivity index (χ1v) is 6.55. The maximum absolute atomic E-state index is 11.7. The van der Waals surface area contributed by atoms with Crippen LogP contribution in [-0.4, -0.2) is 5.78 Å². The van der Waals surface area contributed by atoms with E-state index in [0.717, 1.165) is 24.8 Å². The van der Waals surface area contributed by atoms with Gasteiger partial charge < -0.3 is 0 Å². The Hall–Kier alpha value is -1.63. The van der Waals surface area contributed by atoms with E-state index in [0.29, 0.717) is 6.42 Å². The van der Waals surface area contributed by atoms with Gasteiger partial charge in [-0.15, -0.1) is 0 Å². The third kappa shape index (κ3) is 4.70. The Labute approximate surface area is 110 Å². The Morgan fingerprint density at radius 3 is 2.44 bits per heavy atom. The van der Waals surface area contributed by atoms with Crippen molar-refractivity contribution < 1.29 is 4.79 Å². The molecule has 0 bridgehead atoms. The van der Waals surface area contributed by atoms with Gasteiger partial charge in [0.2, 0.25) is 0 Å². The van der Waals surface area contributed by atoms with Crippen LogP contribution in [0.3, 0.4) is 0 Å². The van der Waals surface area contributed by atoms with Gasteiger partial charge in [-0.3, -0.25) is 4.79 Å². The minimum Gasteiger partial charge on any atom is -0.294 e. The van der Waals surface area contributed by atoms with Crippen molar-refractivity contribution in [3.05, 3.63) is 59.7 Å². The monoisotopic (exact) mass is 242 g/mol. The van der Waals surface area contributed by atoms with Crippen molar-refractivity contribution in [1.29, 1.82) is 0 Å². The summed E-state index contributed by atoms with van der Waals surface area (Å²) in [6, 6.07) is 8.60. The molecule has 0 aliphatic carbocycles. The van der Waals surface area contributed by atoms with Crippen LogP contribution in [0.25, 0.3) is 0 Å². The third-order valence-corrected chi connectivity index (χ3v) is 3.09. The molecule has 0 unspecified atom stereocenters. The Bertz CT molecular complexity index is 423. The van der Waals surface area contributed by atoms with Crippen LogP contribution in [0.2, 0.25) is 0 Å². The van der Waals surface area contributed by atoms with E-state index in [-0.39, 0.29) is 5.78 Å². The topological polar surface area (TPSA) is 17.1 Å². The van der Waals surface area contributed by atoms with E-state index in [1.807, 2.05) is 13.0 Å². The van der Waals surface area contributed by atoms with Gasteiger partial charge in [-0.05, 0) is 38.7 Å². The zero-order valence-corrected chi connectivity index (χ0v) is 11.4. The van der Waals surface area contributed by atoms with E-state index in [1.54, 1.807) is 6.08 Å². The quantitative estimate of drug-likeness (QED) is 0.393. The molecule has 0 saturated carbocycles. The molecule has 1 nitrogen and oxygen atoms in total. The molecular formula is C17H22O. The third-order valence-electron chi connectivity index (χ3n) is 3.09. The summed E-state index contributed by atoms with van der Waals surface area (Å²) in [5, 5.41) is 0. The maximum Gasteiger partial charge on any atom is 0.162 e. The Morgan fingerprint density at radius 2 is 1.89 bits per heavy atom. The minimum atomic E-state index is 0.205. The molecule has 0 aliphatic heterocycles. The SMILES string of the molecule is C=C/C(=C\C)C(=O)CCCCc1ccc(C)cc1. The maximum atomic E-state index is 11.7. The number of Topliss-reactive ketones (excluding diaryl/α,β-unsaturated/α-hetero) is 1. The normalized spacial score (nSPS) is 11.3. The van der Waals surface area contributed by atoms with E-state index >= 15 is 0 Å². The van der Waals surface area contributed by atoms with Gasteiger partial charge in [0.1, 0.15) is 0 Å². The summed E-state index contributed by atoms with van der Waals surface area (Å²) < 4.78 is 0. The number of rotatable bonds is 7. The Morgan fingerprint density at radius 1 is 1.22 bits per heavy atom. The summed E-state index contributed by atoms with van der Waals surface area (Å²) in [6.45, 7) is 7.62. The van der Waals surface area contributed by atoms with E-state index in [2.05, 4.69) is 37.8 Å². The summed E-state index contributed by atoms with van der Waals surface area (Å²) in [7, 11) is 0. The van der Waals surface area contributed by atoms with E-state index in [1.165, 1.54) is 11.1 Å². The van der Waals surface area contributed by atoms with Gasteiger partial charge in [0.05, 0.1) is 0 Å². The van der Waals surface area contributed by atoms with E-state index < -0.39 is 0 Å². The molecule has 0 saturated heterocycles. The number of carbonyl (C=O) groups excluding carboxylic acids is 1. The summed E-state index contributed by atoms with van der Waals surface area (Å²) in [6.07, 6.45) is 7.14. The van der Waals surface area contributed by atoms with Crippen molar-refractivity contribution in [3.8, 4) is 0 Å². The number of aryl methyl sites for hydroxylation is 2. The van der Waals surface area contributed by atoms with Crippen LogP contribution in [0, 0.1) is 6.92 Å². The van der Waals surface area contributed by atoms with Crippen molar-refractivity contribution in [1.82, 2.24) is 0 Å². The second-order valence-corrected chi connectivity index (χ2v) is 4.56. The summed E-state index contributed by atoms with van der Waals surface area (Å²) in [4.78, 5) is 11.7. The lowest BCUT2D eigenvalue weighted by molar-refractivity contribution is -0.115. The van der Waals surface area contributed by atoms with Gasteiger partial charge in [-0.25, -0.2) is 0 Å². The van der Waals surface area contributed by atoms with E-state index in [4.69, 9.17) is 0 Å². The number of benzene rings is 1. The molecule has 0 aliphatic rings. The van der Waals surface area contributed by atoms with Gasteiger partial charge in [0.25, 0.3) is 0 Å². The Balaban J connectivity index is 2.29. The van der Waals surface area contributed by atoms with Crippen LogP contribution < -0.4 is 0 Å². The molecule has 1 rings (SSSR count). The van der Waals surface area contributed by atoms with Crippen LogP contribution in [0.4, 0.5) is 0 Å². The largest absolute Gasteiger partial charge is 0.294 e. The van der Waals surface area contributed by atoms with Gasteiger partial charge in [0.15, 0.2) is 5.78 Å². The molecule has 1 aromatic carbocycles. The molecule has 0 radical (unpaired) electrons. The highest BCUT2D eigenvalue weighted by Gasteiger charge is 2.04. The first-order chi connectivity index (χ1) is 8.67. The fourth-order valence-corrected chi connectivity index (χ4v) is 1.91. The number of allylic oxidation sites excluding steroid dienone is 3. The number of carbonyl (C=O) groups is 1. The number of unbranched alkanes of at least 4 members (excludes halogenated alkanes) is 1. The van der Waals surface area contributed by atoms with Crippen molar-refractivity contribution in [2.45, 2.75) is 39.5 Å². The predicted molar refractivity (Wildman–Crippen MR) is 77.7 cm³/mol. The standard InChI is InChI=1S/C17H22O/c1-4-16(5-2)17(18)9-7-6-8-15-12-10-14(3)11-13-15/h4-5,10-13H,1,6-9H2,2-3H3/b16-5+. The zero-order chi connectivity index (χ0) is 13.4. The van der Waals surface area contributed by atoms with Crippen LogP contribution in [0.15, 0.2) is 48.6 Å². The average Bonchev–Trinajstić information content (AvgIpc) is 2.38. The molecular weight excluding hydrogens is 220 g/mol. The lowest BCUT2D eigenvalue weighted by atomic mass is 10.0. The van der Waals surface area contributed by atoms with Crippen molar-refractivity contribution in [2.24, 2.45) is 0 Å². The highest BCUT2D eigenvalue weighted by Crippen LogP contribution is 2.10. The highest BCUT2D eigenvalue weighted by molar-refractivity contribution is 5.97. The average molecular weight is 242 g/mol. The van der Waals surface area contributed by atoms with Crippen LogP contribution in [0.5, 0.6) is 0 Å². The lowest BCUT2D eigenvalue weighted by Crippen LogP contribution is -2.00. The molecule has 1 aromatic rings. The lowest BCUT2D eigenvalue weighted by Gasteiger charge is -2.03. The highest BCUT2D eigenvalue weighted by atomic mass is 16.1. The predicted octanol–water partition coefficient (Wildman–Crippen LogP) is 4.41. The van der Waals surface area contributed by atoms with Gasteiger partial charge >= 0.3 is 0 Å². The van der Waals surface area contributed by atoms with Crippen molar-refractivity contribution in [3.63, 3.8) is 0 Å². The fraction of sp³-hybridized carbons (Fsp3) is 0.353. The molecule has 0 atom stereocenters. The minimum absolute atomic E-state index is 0.205. The molecule has 0 heterocycles. The summed E-state index contributed by atoms with van der Waals surface area (Å²) in [5.41, 5.74) is 3.38. The first-order valence-electron chi connectivity index (χ1n) is 6.55. The van der Waals surface area contributed by atoms with Gasteiger partial charge in [0, 0.05) is 12.0 Å². The molecule has 96 valence electrons. The van der Waals surface area contributed by atoms with E-state index in [9.17, 15) is 4.79 Å². The molecule has 1 heteroatoms. The summed E-state index contributed by atoms with van der Waals surface area (Å²) in [5.74, 6) is 0.205. The first kappa shape index (κ1) is 14.4. The molecule has 18 heavy (non-hydrogen) atoms. The molecule has 0 spiro atoms. The Kier molecular flexibility index (Phi) is 6.13. The van der Waals surface area contributed by atoms with Gasteiger partial charge in [-0.1, -0.05) is 48.6 Å². The molecule has 0 amide bonds. The number of hydrogen-bond donors (Lipinski definition) is 0. The van der Waals surface area contributed by atoms with Crippen LogP contribution in [0.1, 0.15) is 37.3 Å². The number of ketones is 1. The second-order valence-electron chi connectivity index (χ2n) is 4.56. The van der Waals surface area contributed by atoms with Crippen LogP contribution in [-0.2, 0) is 11.2 Å². The molecule has 0 fully saturated rings. The fourth-order valence-electron chi connectivity index (χ4n) is 1.91. The zero-order valence-electron chi connectivity index (χ0n) is 11.4. The summed E-state index contributed by atoms with van der Waals surface area (Å²) >= 11 is 0. The van der Waals surface area contributed by atoms with Gasteiger partial charge in [-0.2, -0.15) is 0 Å². The van der Waals surface area contributed by atoms with Crippen molar-refractivity contribution >= 4 is 5.78 Å². The van der Waals surface area contributed by atoms with Crippen molar-refractivity contribution in [2.75, 3.05) is 0 Å². The molecule has 0 N–H and O–H groups in total. The number of hydrogen-bond acceptors (Lipinski definition) is 1. The smallest absolute Gasteiger partial charge is 0.162 e. The molecule has 0 aromatic heterocycles. The second kappa shape index (κ2) is 7.65. The van der Waals surface area contributed by atoms with Crippen LogP contribution >= 0.6 is 0 Å².